The lowest BCUT2D eigenvalue weighted by Crippen LogP contribution is -2.17. The molecule has 0 saturated heterocycles. The Bertz CT molecular complexity index is 1240. The molecule has 1 aromatic heterocycles. The summed E-state index contributed by atoms with van der Waals surface area (Å²) in [7, 11) is -3.63. The van der Waals surface area contributed by atoms with Crippen LogP contribution in [0.15, 0.2) is 63.2 Å². The van der Waals surface area contributed by atoms with E-state index in [-0.39, 0.29) is 16.3 Å². The van der Waals surface area contributed by atoms with Gasteiger partial charge in [-0.15, -0.1) is 0 Å². The minimum atomic E-state index is -4.88. The number of aromatic amines is 1. The van der Waals surface area contributed by atoms with Crippen molar-refractivity contribution in [2.45, 2.75) is 11.1 Å². The molecule has 1 heterocycles. The highest BCUT2D eigenvalue weighted by atomic mass is 32.2. The van der Waals surface area contributed by atoms with Crippen LogP contribution in [0.1, 0.15) is 11.3 Å². The van der Waals surface area contributed by atoms with E-state index in [2.05, 4.69) is 4.99 Å². The molecule has 0 aliphatic carbocycles. The fraction of sp³-hybridized carbons (Fsp3) is 0.111. The number of nitrogens with one attached hydrogen (secondary N) is 1. The summed E-state index contributed by atoms with van der Waals surface area (Å²) in [6.07, 6.45) is -3.31. The van der Waals surface area contributed by atoms with E-state index in [1.165, 1.54) is 12.1 Å². The zero-order valence-electron chi connectivity index (χ0n) is 14.8. The molecule has 0 radical (unpaired) electrons. The molecule has 152 valence electrons. The number of aromatic hydroxyl groups is 1. The van der Waals surface area contributed by atoms with Crippen LogP contribution in [0.2, 0.25) is 0 Å². The van der Waals surface area contributed by atoms with Crippen molar-refractivity contribution in [1.29, 1.82) is 0 Å². The van der Waals surface area contributed by atoms with Gasteiger partial charge in [0.15, 0.2) is 15.5 Å². The minimum Gasteiger partial charge on any atom is -0.506 e. The van der Waals surface area contributed by atoms with Gasteiger partial charge < -0.3 is 5.11 Å². The number of para-hydroxylation sites is 1. The summed E-state index contributed by atoms with van der Waals surface area (Å²) in [5.41, 5.74) is -3.23. The SMILES string of the molecule is CS(=O)(=O)c1ccc(O)c(N=Cc2c(C(F)(F)F)[nH]n(-c3ccccc3)c2=O)c1. The molecular formula is C18H14F3N3O4S. The minimum absolute atomic E-state index is 0.185. The number of alkyl halides is 3. The molecule has 2 aromatic carbocycles. The van der Waals surface area contributed by atoms with E-state index in [1.54, 1.807) is 18.2 Å². The van der Waals surface area contributed by atoms with E-state index in [9.17, 15) is 31.5 Å². The fourth-order valence-electron chi connectivity index (χ4n) is 2.52. The van der Waals surface area contributed by atoms with Gasteiger partial charge in [-0.25, -0.2) is 13.1 Å². The smallest absolute Gasteiger partial charge is 0.433 e. The summed E-state index contributed by atoms with van der Waals surface area (Å²) in [4.78, 5) is 16.1. The van der Waals surface area contributed by atoms with Gasteiger partial charge in [-0.3, -0.25) is 14.9 Å². The molecule has 0 atom stereocenters. The topological polar surface area (TPSA) is 105 Å². The zero-order chi connectivity index (χ0) is 21.4. The number of hydrogen-bond donors (Lipinski definition) is 2. The van der Waals surface area contributed by atoms with E-state index < -0.39 is 38.6 Å². The van der Waals surface area contributed by atoms with Crippen molar-refractivity contribution in [2.75, 3.05) is 6.26 Å². The molecule has 0 fully saturated rings. The van der Waals surface area contributed by atoms with Gasteiger partial charge in [0, 0.05) is 12.5 Å². The predicted molar refractivity (Wildman–Crippen MR) is 99.9 cm³/mol. The Morgan fingerprint density at radius 2 is 1.79 bits per heavy atom. The largest absolute Gasteiger partial charge is 0.506 e. The van der Waals surface area contributed by atoms with Gasteiger partial charge >= 0.3 is 6.18 Å². The van der Waals surface area contributed by atoms with Gasteiger partial charge in [-0.2, -0.15) is 13.2 Å². The molecule has 0 amide bonds. The molecule has 0 unspecified atom stereocenters. The molecule has 2 N–H and O–H groups in total. The maximum Gasteiger partial charge on any atom is 0.433 e. The third-order valence-electron chi connectivity index (χ3n) is 3.93. The Labute approximate surface area is 162 Å². The average molecular weight is 425 g/mol. The Morgan fingerprint density at radius 1 is 1.14 bits per heavy atom. The van der Waals surface area contributed by atoms with Crippen molar-refractivity contribution in [1.82, 2.24) is 9.78 Å². The summed E-state index contributed by atoms with van der Waals surface area (Å²) in [5, 5.41) is 11.9. The number of sulfone groups is 1. The van der Waals surface area contributed by atoms with E-state index in [4.69, 9.17) is 0 Å². The maximum absolute atomic E-state index is 13.4. The van der Waals surface area contributed by atoms with Gasteiger partial charge in [0.2, 0.25) is 0 Å². The Morgan fingerprint density at radius 3 is 2.38 bits per heavy atom. The van der Waals surface area contributed by atoms with E-state index in [0.717, 1.165) is 29.1 Å². The first-order valence-corrected chi connectivity index (χ1v) is 9.92. The number of halogens is 3. The van der Waals surface area contributed by atoms with Crippen molar-refractivity contribution in [3.63, 3.8) is 0 Å². The highest BCUT2D eigenvalue weighted by Gasteiger charge is 2.37. The van der Waals surface area contributed by atoms with Crippen LogP contribution >= 0.6 is 0 Å². The van der Waals surface area contributed by atoms with E-state index >= 15 is 0 Å². The molecule has 0 spiro atoms. The van der Waals surface area contributed by atoms with Crippen LogP contribution < -0.4 is 5.56 Å². The second-order valence-corrected chi connectivity index (χ2v) is 8.07. The predicted octanol–water partition coefficient (Wildman–Crippen LogP) is 3.04. The van der Waals surface area contributed by atoms with Crippen LogP contribution in [-0.2, 0) is 16.0 Å². The average Bonchev–Trinajstić information content (AvgIpc) is 2.97. The third-order valence-corrected chi connectivity index (χ3v) is 5.04. The molecule has 0 saturated carbocycles. The quantitative estimate of drug-likeness (QED) is 0.627. The molecule has 29 heavy (non-hydrogen) atoms. The number of phenolic OH excluding ortho intramolecular Hbond substituents is 1. The first-order valence-electron chi connectivity index (χ1n) is 8.03. The zero-order valence-corrected chi connectivity index (χ0v) is 15.6. The number of hydrogen-bond acceptors (Lipinski definition) is 5. The molecule has 3 rings (SSSR count). The summed E-state index contributed by atoms with van der Waals surface area (Å²) in [5.74, 6) is -0.457. The normalized spacial score (nSPS) is 12.6. The van der Waals surface area contributed by atoms with Gasteiger partial charge in [0.25, 0.3) is 5.56 Å². The van der Waals surface area contributed by atoms with Crippen molar-refractivity contribution < 1.29 is 26.7 Å². The summed E-state index contributed by atoms with van der Waals surface area (Å²) >= 11 is 0. The number of nitrogens with zero attached hydrogens (tertiary/aromatic N) is 2. The van der Waals surface area contributed by atoms with E-state index in [0.29, 0.717) is 6.21 Å². The van der Waals surface area contributed by atoms with Crippen molar-refractivity contribution in [3.8, 4) is 11.4 Å². The Kier molecular flexibility index (Phi) is 5.09. The van der Waals surface area contributed by atoms with Crippen molar-refractivity contribution in [3.05, 3.63) is 70.1 Å². The lowest BCUT2D eigenvalue weighted by Gasteiger charge is -2.05. The van der Waals surface area contributed by atoms with Crippen molar-refractivity contribution in [2.24, 2.45) is 4.99 Å². The van der Waals surface area contributed by atoms with Gasteiger partial charge in [0.05, 0.1) is 16.1 Å². The standard InChI is InChI=1S/C18H14F3N3O4S/c1-29(27,28)12-7-8-15(25)14(9-12)22-10-13-16(18(19,20)21)23-24(17(13)26)11-5-3-2-4-6-11/h2-10,23,25H,1H3. The first kappa shape index (κ1) is 20.4. The van der Waals surface area contributed by atoms with Crippen LogP contribution in [0.3, 0.4) is 0 Å². The second kappa shape index (κ2) is 7.24. The monoisotopic (exact) mass is 425 g/mol. The molecule has 7 nitrogen and oxygen atoms in total. The Hall–Kier alpha value is -3.34. The molecule has 0 aliphatic rings. The van der Waals surface area contributed by atoms with Crippen LogP contribution in [0.25, 0.3) is 5.69 Å². The summed E-state index contributed by atoms with van der Waals surface area (Å²) < 4.78 is 64.2. The molecule has 0 aliphatic heterocycles. The fourth-order valence-corrected chi connectivity index (χ4v) is 3.16. The molecule has 11 heteroatoms. The number of rotatable bonds is 4. The molecule has 3 aromatic rings. The third kappa shape index (κ3) is 4.24. The number of H-pyrrole nitrogens is 1. The molecular weight excluding hydrogens is 411 g/mol. The highest BCUT2D eigenvalue weighted by Crippen LogP contribution is 2.31. The summed E-state index contributed by atoms with van der Waals surface area (Å²) in [6, 6.07) is 10.8. The van der Waals surface area contributed by atoms with Crippen LogP contribution in [-0.4, -0.2) is 35.8 Å². The van der Waals surface area contributed by atoms with Gasteiger partial charge in [-0.05, 0) is 30.3 Å². The lowest BCUT2D eigenvalue weighted by atomic mass is 10.2. The highest BCUT2D eigenvalue weighted by molar-refractivity contribution is 7.90. The molecule has 0 bridgehead atoms. The van der Waals surface area contributed by atoms with Crippen LogP contribution in [0.4, 0.5) is 18.9 Å². The Balaban J connectivity index is 2.15. The van der Waals surface area contributed by atoms with E-state index in [1.807, 2.05) is 5.10 Å². The van der Waals surface area contributed by atoms with Crippen molar-refractivity contribution >= 4 is 21.7 Å². The second-order valence-electron chi connectivity index (χ2n) is 6.06. The van der Waals surface area contributed by atoms with Crippen LogP contribution in [0, 0.1) is 0 Å². The number of aromatic nitrogens is 2. The summed E-state index contributed by atoms with van der Waals surface area (Å²) in [6.45, 7) is 0. The maximum atomic E-state index is 13.4. The number of phenols is 1. The number of benzene rings is 2. The van der Waals surface area contributed by atoms with Gasteiger partial charge in [0.1, 0.15) is 11.4 Å². The number of aliphatic imine (C=N–C) groups is 1. The van der Waals surface area contributed by atoms with Gasteiger partial charge in [-0.1, -0.05) is 18.2 Å². The first-order chi connectivity index (χ1) is 13.5. The lowest BCUT2D eigenvalue weighted by molar-refractivity contribution is -0.141. The van der Waals surface area contributed by atoms with Crippen LogP contribution in [0.5, 0.6) is 5.75 Å².